The predicted octanol–water partition coefficient (Wildman–Crippen LogP) is 2.45. The maximum Gasteiger partial charge on any atom is 0.238 e. The third-order valence-electron chi connectivity index (χ3n) is 5.20. The van der Waals surface area contributed by atoms with Gasteiger partial charge in [-0.15, -0.1) is 0 Å². The quantitative estimate of drug-likeness (QED) is 0.608. The van der Waals surface area contributed by atoms with E-state index in [2.05, 4.69) is 25.2 Å². The van der Waals surface area contributed by atoms with Crippen LogP contribution in [-0.4, -0.2) is 59.1 Å². The summed E-state index contributed by atoms with van der Waals surface area (Å²) in [6.07, 6.45) is 3.16. The SMILES string of the molecule is COc1ccc(NC(=O)CN2CCO[C@@H](c3cc(-c4cnc(N)nc4)cc(C)n3)C2)cc1. The van der Waals surface area contributed by atoms with Crippen molar-refractivity contribution in [3.8, 4) is 16.9 Å². The van der Waals surface area contributed by atoms with Crippen molar-refractivity contribution >= 4 is 17.5 Å². The summed E-state index contributed by atoms with van der Waals surface area (Å²) >= 11 is 0. The fraction of sp³-hybridized carbons (Fsp3) is 0.304. The number of anilines is 2. The van der Waals surface area contributed by atoms with Gasteiger partial charge in [-0.1, -0.05) is 0 Å². The molecule has 0 aliphatic carbocycles. The van der Waals surface area contributed by atoms with E-state index in [0.717, 1.165) is 34.0 Å². The summed E-state index contributed by atoms with van der Waals surface area (Å²) < 4.78 is 11.1. The number of nitrogens with one attached hydrogen (secondary N) is 1. The lowest BCUT2D eigenvalue weighted by Gasteiger charge is -2.32. The molecule has 1 saturated heterocycles. The van der Waals surface area contributed by atoms with E-state index in [1.807, 2.05) is 43.3 Å². The van der Waals surface area contributed by atoms with Gasteiger partial charge in [0.15, 0.2) is 0 Å². The fourth-order valence-electron chi connectivity index (χ4n) is 3.62. The number of benzene rings is 1. The van der Waals surface area contributed by atoms with Gasteiger partial charge in [0.2, 0.25) is 11.9 Å². The number of carbonyl (C=O) groups is 1. The molecule has 166 valence electrons. The molecule has 1 aliphatic rings. The number of rotatable bonds is 6. The van der Waals surface area contributed by atoms with Gasteiger partial charge in [-0.2, -0.15) is 0 Å². The van der Waals surface area contributed by atoms with Gasteiger partial charge in [-0.25, -0.2) is 9.97 Å². The van der Waals surface area contributed by atoms with Crippen molar-refractivity contribution in [2.75, 3.05) is 44.4 Å². The second-order valence-corrected chi connectivity index (χ2v) is 7.62. The monoisotopic (exact) mass is 434 g/mol. The average molecular weight is 435 g/mol. The summed E-state index contributed by atoms with van der Waals surface area (Å²) in [6.45, 7) is 3.99. The lowest BCUT2D eigenvalue weighted by Crippen LogP contribution is -2.42. The van der Waals surface area contributed by atoms with Crippen LogP contribution in [0.4, 0.5) is 11.6 Å². The van der Waals surface area contributed by atoms with E-state index in [1.54, 1.807) is 19.5 Å². The molecule has 1 amide bonds. The number of hydrogen-bond acceptors (Lipinski definition) is 8. The first-order chi connectivity index (χ1) is 15.5. The van der Waals surface area contributed by atoms with Crippen molar-refractivity contribution in [1.29, 1.82) is 0 Å². The number of aromatic nitrogens is 3. The van der Waals surface area contributed by atoms with Crippen LogP contribution in [0.15, 0.2) is 48.8 Å². The minimum Gasteiger partial charge on any atom is -0.497 e. The van der Waals surface area contributed by atoms with Crippen LogP contribution in [0.1, 0.15) is 17.5 Å². The van der Waals surface area contributed by atoms with Gasteiger partial charge < -0.3 is 20.5 Å². The molecule has 1 fully saturated rings. The highest BCUT2D eigenvalue weighted by molar-refractivity contribution is 5.92. The van der Waals surface area contributed by atoms with Crippen LogP contribution in [-0.2, 0) is 9.53 Å². The normalized spacial score (nSPS) is 16.5. The lowest BCUT2D eigenvalue weighted by molar-refractivity contribution is -0.119. The zero-order chi connectivity index (χ0) is 22.5. The molecule has 0 spiro atoms. The fourth-order valence-corrected chi connectivity index (χ4v) is 3.62. The topological polar surface area (TPSA) is 115 Å². The van der Waals surface area contributed by atoms with Crippen LogP contribution in [0, 0.1) is 6.92 Å². The van der Waals surface area contributed by atoms with Gasteiger partial charge in [-0.05, 0) is 48.9 Å². The highest BCUT2D eigenvalue weighted by Crippen LogP contribution is 2.26. The third-order valence-corrected chi connectivity index (χ3v) is 5.20. The first-order valence-electron chi connectivity index (χ1n) is 10.3. The summed E-state index contributed by atoms with van der Waals surface area (Å²) in [5.74, 6) is 0.904. The molecule has 0 bridgehead atoms. The molecular formula is C23H26N6O3. The second-order valence-electron chi connectivity index (χ2n) is 7.62. The van der Waals surface area contributed by atoms with Gasteiger partial charge in [-0.3, -0.25) is 14.7 Å². The van der Waals surface area contributed by atoms with Crippen molar-refractivity contribution < 1.29 is 14.3 Å². The number of morpholine rings is 1. The van der Waals surface area contributed by atoms with Crippen molar-refractivity contribution in [1.82, 2.24) is 19.9 Å². The van der Waals surface area contributed by atoms with Gasteiger partial charge in [0, 0.05) is 42.4 Å². The molecule has 9 nitrogen and oxygen atoms in total. The summed E-state index contributed by atoms with van der Waals surface area (Å²) in [6, 6.07) is 11.2. The number of hydrogen-bond donors (Lipinski definition) is 2. The minimum atomic E-state index is -0.231. The predicted molar refractivity (Wildman–Crippen MR) is 121 cm³/mol. The Morgan fingerprint density at radius 1 is 1.22 bits per heavy atom. The third kappa shape index (κ3) is 5.37. The maximum absolute atomic E-state index is 12.5. The van der Waals surface area contributed by atoms with Crippen LogP contribution >= 0.6 is 0 Å². The van der Waals surface area contributed by atoms with E-state index in [1.165, 1.54) is 0 Å². The van der Waals surface area contributed by atoms with Gasteiger partial charge in [0.1, 0.15) is 11.9 Å². The summed E-state index contributed by atoms with van der Waals surface area (Å²) in [5.41, 5.74) is 9.83. The van der Waals surface area contributed by atoms with E-state index in [-0.39, 0.29) is 24.5 Å². The number of nitrogens with two attached hydrogens (primary N) is 1. The van der Waals surface area contributed by atoms with Crippen LogP contribution in [0.3, 0.4) is 0 Å². The molecule has 0 saturated carbocycles. The van der Waals surface area contributed by atoms with E-state index in [4.69, 9.17) is 15.2 Å². The van der Waals surface area contributed by atoms with Crippen LogP contribution in [0.2, 0.25) is 0 Å². The number of methoxy groups -OCH3 is 1. The zero-order valence-corrected chi connectivity index (χ0v) is 18.1. The number of aryl methyl sites for hydroxylation is 1. The van der Waals surface area contributed by atoms with Crippen molar-refractivity contribution in [3.63, 3.8) is 0 Å². The van der Waals surface area contributed by atoms with Crippen molar-refractivity contribution in [2.24, 2.45) is 0 Å². The highest BCUT2D eigenvalue weighted by atomic mass is 16.5. The molecule has 32 heavy (non-hydrogen) atoms. The summed E-state index contributed by atoms with van der Waals surface area (Å²) in [4.78, 5) is 27.4. The van der Waals surface area contributed by atoms with E-state index in [9.17, 15) is 4.79 Å². The first-order valence-corrected chi connectivity index (χ1v) is 10.3. The van der Waals surface area contributed by atoms with Crippen LogP contribution in [0.5, 0.6) is 5.75 Å². The Hall–Kier alpha value is -3.56. The largest absolute Gasteiger partial charge is 0.497 e. The van der Waals surface area contributed by atoms with Crippen LogP contribution < -0.4 is 15.8 Å². The Kier molecular flexibility index (Phi) is 6.58. The summed E-state index contributed by atoms with van der Waals surface area (Å²) in [7, 11) is 1.61. The molecule has 4 rings (SSSR count). The van der Waals surface area contributed by atoms with Crippen molar-refractivity contribution in [3.05, 3.63) is 60.2 Å². The molecule has 3 heterocycles. The molecule has 1 atom stereocenters. The van der Waals surface area contributed by atoms with Crippen LogP contribution in [0.25, 0.3) is 11.1 Å². The smallest absolute Gasteiger partial charge is 0.238 e. The van der Waals surface area contributed by atoms with Gasteiger partial charge >= 0.3 is 0 Å². The van der Waals surface area contributed by atoms with Crippen molar-refractivity contribution in [2.45, 2.75) is 13.0 Å². The molecule has 9 heteroatoms. The Bertz CT molecular complexity index is 1070. The average Bonchev–Trinajstić information content (AvgIpc) is 2.80. The Morgan fingerprint density at radius 3 is 2.69 bits per heavy atom. The van der Waals surface area contributed by atoms with E-state index in [0.29, 0.717) is 19.7 Å². The number of pyridine rings is 1. The molecular weight excluding hydrogens is 408 g/mol. The molecule has 2 aromatic heterocycles. The number of nitrogen functional groups attached to an aromatic ring is 1. The molecule has 1 aromatic carbocycles. The number of amides is 1. The Labute approximate surface area is 186 Å². The summed E-state index contributed by atoms with van der Waals surface area (Å²) in [5, 5.41) is 2.92. The molecule has 3 aromatic rings. The highest BCUT2D eigenvalue weighted by Gasteiger charge is 2.25. The Balaban J connectivity index is 1.42. The molecule has 0 unspecified atom stereocenters. The molecule has 1 aliphatic heterocycles. The number of nitrogens with zero attached hydrogens (tertiary/aromatic N) is 4. The molecule has 3 N–H and O–H groups in total. The van der Waals surface area contributed by atoms with Gasteiger partial charge in [0.25, 0.3) is 0 Å². The Morgan fingerprint density at radius 2 is 1.97 bits per heavy atom. The lowest BCUT2D eigenvalue weighted by atomic mass is 10.1. The van der Waals surface area contributed by atoms with E-state index >= 15 is 0 Å². The second kappa shape index (κ2) is 9.71. The standard InChI is InChI=1S/C23H26N6O3/c1-15-9-16(17-11-25-23(24)26-12-17)10-20(27-15)21-13-29(7-8-32-21)14-22(30)28-18-3-5-19(31-2)6-4-18/h3-6,9-12,21H,7-8,13-14H2,1-2H3,(H,28,30)(H2,24,25,26)/t21-/m1/s1. The first kappa shape index (κ1) is 21.7. The number of ether oxygens (including phenoxy) is 2. The van der Waals surface area contributed by atoms with E-state index < -0.39 is 0 Å². The number of carbonyl (C=O) groups excluding carboxylic acids is 1. The zero-order valence-electron chi connectivity index (χ0n) is 18.1. The maximum atomic E-state index is 12.5. The van der Waals surface area contributed by atoms with Gasteiger partial charge in [0.05, 0.1) is 26.0 Å². The minimum absolute atomic E-state index is 0.0762. The molecule has 0 radical (unpaired) electrons.